The molecule has 0 aromatic heterocycles. The van der Waals surface area contributed by atoms with Gasteiger partial charge in [-0.25, -0.2) is 0 Å². The summed E-state index contributed by atoms with van der Waals surface area (Å²) in [5.74, 6) is 4.81. The second-order valence-corrected chi connectivity index (χ2v) is 16.1. The second-order valence-electron chi connectivity index (χ2n) is 16.1. The number of allylic oxidation sites excluding steroid dienone is 3. The molecule has 8 unspecified atom stereocenters. The quantitative estimate of drug-likeness (QED) is 0.128. The van der Waals surface area contributed by atoms with Crippen LogP contribution in [0.1, 0.15) is 116 Å². The summed E-state index contributed by atoms with van der Waals surface area (Å²) in [5, 5.41) is 0. The fourth-order valence-electron chi connectivity index (χ4n) is 10.3. The number of carbonyl (C=O) groups excluding carboxylic acids is 3. The van der Waals surface area contributed by atoms with Crippen LogP contribution in [-0.2, 0) is 27.2 Å². The highest BCUT2D eigenvalue weighted by Crippen LogP contribution is 2.72. The highest BCUT2D eigenvalue weighted by molar-refractivity contribution is 5.95. The first-order chi connectivity index (χ1) is 22.1. The van der Waals surface area contributed by atoms with E-state index in [9.17, 15) is 9.59 Å². The summed E-state index contributed by atoms with van der Waals surface area (Å²) in [4.78, 5) is 35.8. The van der Waals surface area contributed by atoms with Crippen molar-refractivity contribution in [3.05, 3.63) is 72.4 Å². The van der Waals surface area contributed by atoms with E-state index in [4.69, 9.17) is 4.79 Å². The maximum atomic E-state index is 14.9. The summed E-state index contributed by atoms with van der Waals surface area (Å²) < 4.78 is 0. The zero-order valence-electron chi connectivity index (χ0n) is 29.5. The standard InChI is InChI=1S/C42H60O2.CH2O/c1-8-10-19-39(43)29(5)30(14-9-2)20-21-35-37(26-38-40(35)42(38,6)7)41(44)36(23-27(3)22-31-18-13-15-28(31)4)34-24-32-16-11-12-17-33(32)25-34;1-2/h8,11-12,16-17,28,30-31,34-38,40H,1,3,5,9-10,13-15,18-26H2,2,4,6-7H3;1H2. The van der Waals surface area contributed by atoms with Gasteiger partial charge in [-0.1, -0.05) is 96.0 Å². The van der Waals surface area contributed by atoms with Crippen LogP contribution in [0.4, 0.5) is 0 Å². The average molecular weight is 627 g/mol. The Morgan fingerprint density at radius 1 is 1.04 bits per heavy atom. The van der Waals surface area contributed by atoms with Crippen molar-refractivity contribution in [2.24, 2.45) is 58.7 Å². The summed E-state index contributed by atoms with van der Waals surface area (Å²) in [5.41, 5.74) is 5.34. The number of benzene rings is 1. The van der Waals surface area contributed by atoms with Crippen molar-refractivity contribution in [2.45, 2.75) is 118 Å². The first-order valence-corrected chi connectivity index (χ1v) is 18.5. The molecular weight excluding hydrogens is 564 g/mol. The van der Waals surface area contributed by atoms with Gasteiger partial charge < -0.3 is 4.79 Å². The number of carbonyl (C=O) groups is 3. The van der Waals surface area contributed by atoms with Gasteiger partial charge in [0.2, 0.25) is 0 Å². The molecule has 1 aromatic rings. The van der Waals surface area contributed by atoms with E-state index in [2.05, 4.69) is 71.7 Å². The number of ketones is 2. The van der Waals surface area contributed by atoms with Crippen molar-refractivity contribution in [1.29, 1.82) is 0 Å². The van der Waals surface area contributed by atoms with Gasteiger partial charge in [0.25, 0.3) is 0 Å². The monoisotopic (exact) mass is 626 g/mol. The molecule has 0 bridgehead atoms. The number of hydrogen-bond donors (Lipinski definition) is 0. The molecule has 0 aliphatic heterocycles. The van der Waals surface area contributed by atoms with Crippen LogP contribution in [0, 0.1) is 58.7 Å². The molecule has 0 spiro atoms. The van der Waals surface area contributed by atoms with E-state index in [0.717, 1.165) is 75.2 Å². The predicted octanol–water partition coefficient (Wildman–Crippen LogP) is 10.4. The van der Waals surface area contributed by atoms with Crippen LogP contribution in [0.25, 0.3) is 0 Å². The van der Waals surface area contributed by atoms with Gasteiger partial charge in [0.05, 0.1) is 0 Å². The van der Waals surface area contributed by atoms with Gasteiger partial charge in [-0.3, -0.25) is 9.59 Å². The molecule has 3 heteroatoms. The van der Waals surface area contributed by atoms with E-state index in [1.54, 1.807) is 0 Å². The predicted molar refractivity (Wildman–Crippen MR) is 191 cm³/mol. The molecule has 3 saturated carbocycles. The highest BCUT2D eigenvalue weighted by Gasteiger charge is 2.67. The first-order valence-electron chi connectivity index (χ1n) is 18.5. The molecule has 1 aromatic carbocycles. The molecule has 46 heavy (non-hydrogen) atoms. The third kappa shape index (κ3) is 7.94. The van der Waals surface area contributed by atoms with E-state index in [1.807, 2.05) is 12.9 Å². The third-order valence-electron chi connectivity index (χ3n) is 13.0. The fraction of sp³-hybridized carbons (Fsp3) is 0.651. The number of fused-ring (bicyclic) bond motifs is 2. The van der Waals surface area contributed by atoms with Crippen LogP contribution >= 0.6 is 0 Å². The van der Waals surface area contributed by atoms with Crippen LogP contribution in [-0.4, -0.2) is 18.4 Å². The third-order valence-corrected chi connectivity index (χ3v) is 13.0. The Kier molecular flexibility index (Phi) is 12.6. The van der Waals surface area contributed by atoms with E-state index >= 15 is 0 Å². The van der Waals surface area contributed by atoms with Gasteiger partial charge in [-0.15, -0.1) is 6.58 Å². The molecule has 8 atom stereocenters. The molecule has 4 aliphatic rings. The lowest BCUT2D eigenvalue weighted by atomic mass is 9.70. The molecule has 0 heterocycles. The normalized spacial score (nSPS) is 28.7. The van der Waals surface area contributed by atoms with Gasteiger partial charge in [0.1, 0.15) is 12.6 Å². The first kappa shape index (κ1) is 36.3. The molecule has 0 amide bonds. The molecule has 4 aliphatic carbocycles. The topological polar surface area (TPSA) is 51.2 Å². The minimum atomic E-state index is 0.0709. The van der Waals surface area contributed by atoms with Gasteiger partial charge in [0, 0.05) is 18.3 Å². The van der Waals surface area contributed by atoms with Crippen LogP contribution in [0.3, 0.4) is 0 Å². The summed E-state index contributed by atoms with van der Waals surface area (Å²) in [6.45, 7) is 24.2. The largest absolute Gasteiger partial charge is 0.307 e. The average Bonchev–Trinajstić information content (AvgIpc) is 3.54. The van der Waals surface area contributed by atoms with E-state index < -0.39 is 0 Å². The minimum absolute atomic E-state index is 0.0709. The van der Waals surface area contributed by atoms with Crippen LogP contribution in [0.2, 0.25) is 0 Å². The number of rotatable bonds is 17. The van der Waals surface area contributed by atoms with Gasteiger partial charge in [-0.05, 0) is 128 Å². The Morgan fingerprint density at radius 2 is 1.72 bits per heavy atom. The van der Waals surface area contributed by atoms with Crippen molar-refractivity contribution in [2.75, 3.05) is 0 Å². The minimum Gasteiger partial charge on any atom is -0.307 e. The van der Waals surface area contributed by atoms with E-state index in [-0.39, 0.29) is 23.5 Å². The molecule has 3 fully saturated rings. The van der Waals surface area contributed by atoms with Crippen molar-refractivity contribution >= 4 is 18.4 Å². The Balaban J connectivity index is 0.00000235. The van der Waals surface area contributed by atoms with Crippen molar-refractivity contribution in [3.8, 4) is 0 Å². The lowest BCUT2D eigenvalue weighted by Crippen LogP contribution is -2.35. The zero-order chi connectivity index (χ0) is 33.6. The van der Waals surface area contributed by atoms with E-state index in [0.29, 0.717) is 47.7 Å². The van der Waals surface area contributed by atoms with Gasteiger partial charge >= 0.3 is 0 Å². The molecule has 0 saturated heterocycles. The zero-order valence-corrected chi connectivity index (χ0v) is 29.5. The van der Waals surface area contributed by atoms with Crippen LogP contribution in [0.5, 0.6) is 0 Å². The summed E-state index contributed by atoms with van der Waals surface area (Å²) in [6, 6.07) is 8.87. The van der Waals surface area contributed by atoms with Crippen LogP contribution in [0.15, 0.2) is 61.2 Å². The maximum Gasteiger partial charge on any atom is 0.158 e. The van der Waals surface area contributed by atoms with Crippen molar-refractivity contribution < 1.29 is 14.4 Å². The number of hydrogen-bond acceptors (Lipinski definition) is 3. The maximum absolute atomic E-state index is 14.9. The summed E-state index contributed by atoms with van der Waals surface area (Å²) in [7, 11) is 0. The van der Waals surface area contributed by atoms with Gasteiger partial charge in [-0.2, -0.15) is 0 Å². The van der Waals surface area contributed by atoms with Crippen LogP contribution < -0.4 is 0 Å². The Bertz CT molecular complexity index is 1230. The second kappa shape index (κ2) is 16.0. The Morgan fingerprint density at radius 3 is 2.30 bits per heavy atom. The Hall–Kier alpha value is -2.55. The Labute approximate surface area is 280 Å². The highest BCUT2D eigenvalue weighted by atomic mass is 16.1. The molecule has 5 rings (SSSR count). The summed E-state index contributed by atoms with van der Waals surface area (Å²) in [6.07, 6.45) is 16.2. The fourth-order valence-corrected chi connectivity index (χ4v) is 10.3. The SMILES string of the molecule is C=CCCC(=O)C(=C)C(CCC)CCC1C(C(=O)C(CC(=C)CC2CCCC2C)C2Cc3ccccc3C2)CC2C1C2(C)C.C=O. The lowest BCUT2D eigenvalue weighted by molar-refractivity contribution is -0.130. The lowest BCUT2D eigenvalue weighted by Gasteiger charge is -2.33. The molecule has 0 radical (unpaired) electrons. The molecule has 0 N–H and O–H groups in total. The van der Waals surface area contributed by atoms with E-state index in [1.165, 1.54) is 36.0 Å². The number of Topliss-reactive ketones (excluding diaryl/α,β-unsaturated/α-hetero) is 2. The molecule has 252 valence electrons. The molecular formula is C43H62O3. The van der Waals surface area contributed by atoms with Crippen molar-refractivity contribution in [3.63, 3.8) is 0 Å². The summed E-state index contributed by atoms with van der Waals surface area (Å²) >= 11 is 0. The van der Waals surface area contributed by atoms with Gasteiger partial charge in [0.15, 0.2) is 5.78 Å². The smallest absolute Gasteiger partial charge is 0.158 e. The molecule has 3 nitrogen and oxygen atoms in total. The van der Waals surface area contributed by atoms with Crippen molar-refractivity contribution in [1.82, 2.24) is 0 Å².